The number of benzene rings is 1. The molecule has 4 rings (SSSR count). The number of likely N-dealkylation sites (tertiary alicyclic amines) is 1. The Morgan fingerprint density at radius 2 is 1.75 bits per heavy atom. The Labute approximate surface area is 190 Å². The second-order valence-electron chi connectivity index (χ2n) is 8.78. The van der Waals surface area contributed by atoms with Gasteiger partial charge in [-0.3, -0.25) is 4.79 Å². The molecule has 2 aliphatic rings. The van der Waals surface area contributed by atoms with Crippen LogP contribution in [0.25, 0.3) is 0 Å². The van der Waals surface area contributed by atoms with Gasteiger partial charge >= 0.3 is 0 Å². The number of methoxy groups -OCH3 is 1. The molecule has 0 bridgehead atoms. The number of carbonyl (C=O) groups is 1. The number of amides is 1. The molecule has 0 radical (unpaired) electrons. The molecule has 2 saturated heterocycles. The maximum atomic E-state index is 12.6. The zero-order valence-electron chi connectivity index (χ0n) is 19.3. The number of rotatable bonds is 7. The first kappa shape index (κ1) is 22.4. The largest absolute Gasteiger partial charge is 0.493 e. The predicted molar refractivity (Wildman–Crippen MR) is 124 cm³/mol. The van der Waals surface area contributed by atoms with E-state index in [9.17, 15) is 4.79 Å². The third-order valence-corrected chi connectivity index (χ3v) is 6.44. The first-order valence-electron chi connectivity index (χ1n) is 11.8. The van der Waals surface area contributed by atoms with Crippen molar-refractivity contribution in [2.24, 2.45) is 5.92 Å². The molecule has 7 heteroatoms. The van der Waals surface area contributed by atoms with Gasteiger partial charge in [0.25, 0.3) is 5.91 Å². The molecule has 0 atom stereocenters. The lowest BCUT2D eigenvalue weighted by atomic mass is 9.92. The summed E-state index contributed by atoms with van der Waals surface area (Å²) in [5, 5.41) is 0. The van der Waals surface area contributed by atoms with Gasteiger partial charge in [0.2, 0.25) is 0 Å². The van der Waals surface area contributed by atoms with Crippen molar-refractivity contribution in [2.75, 3.05) is 44.8 Å². The smallest absolute Gasteiger partial charge is 0.260 e. The van der Waals surface area contributed by atoms with Crippen molar-refractivity contribution >= 4 is 11.7 Å². The van der Waals surface area contributed by atoms with E-state index in [1.165, 1.54) is 19.3 Å². The summed E-state index contributed by atoms with van der Waals surface area (Å²) in [5.74, 6) is 3.74. The molecule has 2 aromatic rings. The normalized spacial score (nSPS) is 17.3. The quantitative estimate of drug-likeness (QED) is 0.657. The lowest BCUT2D eigenvalue weighted by Gasteiger charge is -2.32. The second kappa shape index (κ2) is 10.7. The summed E-state index contributed by atoms with van der Waals surface area (Å²) in [4.78, 5) is 26.3. The van der Waals surface area contributed by atoms with Crippen LogP contribution in [0, 0.1) is 12.8 Å². The third kappa shape index (κ3) is 5.69. The van der Waals surface area contributed by atoms with Gasteiger partial charge in [-0.05, 0) is 63.5 Å². The van der Waals surface area contributed by atoms with Crippen molar-refractivity contribution in [1.82, 2.24) is 14.9 Å². The average molecular weight is 439 g/mol. The molecule has 2 fully saturated rings. The summed E-state index contributed by atoms with van der Waals surface area (Å²) in [5.41, 5.74) is 1.13. The molecule has 2 aliphatic heterocycles. The van der Waals surface area contributed by atoms with E-state index < -0.39 is 0 Å². The topological polar surface area (TPSA) is 67.8 Å². The van der Waals surface area contributed by atoms with E-state index in [2.05, 4.69) is 16.0 Å². The monoisotopic (exact) mass is 438 g/mol. The maximum Gasteiger partial charge on any atom is 0.260 e. The van der Waals surface area contributed by atoms with Gasteiger partial charge in [0.05, 0.1) is 7.11 Å². The van der Waals surface area contributed by atoms with Crippen molar-refractivity contribution in [2.45, 2.75) is 45.4 Å². The Balaban J connectivity index is 1.27. The van der Waals surface area contributed by atoms with Crippen molar-refractivity contribution in [3.05, 3.63) is 41.9 Å². The van der Waals surface area contributed by atoms with Gasteiger partial charge in [-0.25, -0.2) is 9.97 Å². The number of aryl methyl sites for hydroxylation is 1. The number of anilines is 1. The van der Waals surface area contributed by atoms with Crippen molar-refractivity contribution < 1.29 is 14.3 Å². The maximum absolute atomic E-state index is 12.6. The predicted octanol–water partition coefficient (Wildman–Crippen LogP) is 3.64. The summed E-state index contributed by atoms with van der Waals surface area (Å²) in [7, 11) is 1.60. The Kier molecular flexibility index (Phi) is 7.45. The fourth-order valence-electron chi connectivity index (χ4n) is 4.65. The summed E-state index contributed by atoms with van der Waals surface area (Å²) in [6.45, 7) is 5.74. The van der Waals surface area contributed by atoms with Crippen molar-refractivity contribution in [3.63, 3.8) is 0 Å². The molecule has 1 aromatic heterocycles. The number of nitrogens with zero attached hydrogens (tertiary/aromatic N) is 4. The fraction of sp³-hybridized carbons (Fsp3) is 0.560. The highest BCUT2D eigenvalue weighted by atomic mass is 16.5. The van der Waals surface area contributed by atoms with E-state index in [1.54, 1.807) is 7.11 Å². The van der Waals surface area contributed by atoms with Crippen LogP contribution in [-0.4, -0.2) is 60.7 Å². The minimum atomic E-state index is 0.0274. The van der Waals surface area contributed by atoms with Crippen molar-refractivity contribution in [3.8, 4) is 11.5 Å². The van der Waals surface area contributed by atoms with Crippen molar-refractivity contribution in [1.29, 1.82) is 0 Å². The molecule has 7 nitrogen and oxygen atoms in total. The highest BCUT2D eigenvalue weighted by molar-refractivity contribution is 5.78. The van der Waals surface area contributed by atoms with Crippen LogP contribution in [0.2, 0.25) is 0 Å². The van der Waals surface area contributed by atoms with Gasteiger partial charge in [0.15, 0.2) is 18.1 Å². The Morgan fingerprint density at radius 1 is 1.03 bits per heavy atom. The lowest BCUT2D eigenvalue weighted by Crippen LogP contribution is -2.41. The summed E-state index contributed by atoms with van der Waals surface area (Å²) < 4.78 is 11.0. The number of hydrogen-bond acceptors (Lipinski definition) is 6. The lowest BCUT2D eigenvalue weighted by molar-refractivity contribution is -0.134. The molecular weight excluding hydrogens is 404 g/mol. The number of aromatic nitrogens is 2. The van der Waals surface area contributed by atoms with E-state index in [4.69, 9.17) is 14.5 Å². The molecule has 1 aromatic carbocycles. The minimum Gasteiger partial charge on any atom is -0.493 e. The zero-order valence-corrected chi connectivity index (χ0v) is 19.3. The standard InChI is InChI=1S/C25H34N4O3/c1-19-26-21(17-24(27-19)28-12-6-3-7-13-28)16-20-10-14-29(15-11-20)25(30)18-32-23-9-5-4-8-22(23)31-2/h4-5,8-9,17,20H,3,6-7,10-16,18H2,1-2H3. The molecule has 1 amide bonds. The highest BCUT2D eigenvalue weighted by Gasteiger charge is 2.24. The number of hydrogen-bond donors (Lipinski definition) is 0. The van der Waals surface area contributed by atoms with Crippen LogP contribution in [0.15, 0.2) is 30.3 Å². The van der Waals surface area contributed by atoms with Crippen LogP contribution < -0.4 is 14.4 Å². The van der Waals surface area contributed by atoms with Crippen LogP contribution in [0.3, 0.4) is 0 Å². The number of ether oxygens (including phenoxy) is 2. The number of carbonyl (C=O) groups excluding carboxylic acids is 1. The Morgan fingerprint density at radius 3 is 2.47 bits per heavy atom. The van der Waals surface area contributed by atoms with Crippen LogP contribution >= 0.6 is 0 Å². The second-order valence-corrected chi connectivity index (χ2v) is 8.78. The zero-order chi connectivity index (χ0) is 22.3. The van der Waals surface area contributed by atoms with Gasteiger partial charge in [-0.15, -0.1) is 0 Å². The molecule has 0 saturated carbocycles. The first-order valence-corrected chi connectivity index (χ1v) is 11.8. The van der Waals surface area contributed by atoms with Crippen LogP contribution in [0.5, 0.6) is 11.5 Å². The molecule has 172 valence electrons. The van der Waals surface area contributed by atoms with E-state index in [1.807, 2.05) is 36.1 Å². The summed E-state index contributed by atoms with van der Waals surface area (Å²) in [6, 6.07) is 9.58. The molecular formula is C25H34N4O3. The van der Waals surface area contributed by atoms with Crippen LogP contribution in [0.4, 0.5) is 5.82 Å². The molecule has 0 N–H and O–H groups in total. The molecule has 32 heavy (non-hydrogen) atoms. The summed E-state index contributed by atoms with van der Waals surface area (Å²) in [6.07, 6.45) is 6.72. The number of piperidine rings is 2. The fourth-order valence-corrected chi connectivity index (χ4v) is 4.65. The minimum absolute atomic E-state index is 0.0274. The SMILES string of the molecule is COc1ccccc1OCC(=O)N1CCC(Cc2cc(N3CCCCC3)nc(C)n2)CC1. The summed E-state index contributed by atoms with van der Waals surface area (Å²) >= 11 is 0. The van der Waals surface area contributed by atoms with Crippen LogP contribution in [-0.2, 0) is 11.2 Å². The van der Waals surface area contributed by atoms with Gasteiger partial charge in [-0.2, -0.15) is 0 Å². The van der Waals surface area contributed by atoms with E-state index in [0.29, 0.717) is 17.4 Å². The molecule has 0 spiro atoms. The molecule has 0 aliphatic carbocycles. The average Bonchev–Trinajstić information content (AvgIpc) is 2.83. The van der Waals surface area contributed by atoms with E-state index in [-0.39, 0.29) is 12.5 Å². The van der Waals surface area contributed by atoms with Gasteiger partial charge in [0, 0.05) is 37.9 Å². The first-order chi connectivity index (χ1) is 15.6. The van der Waals surface area contributed by atoms with E-state index >= 15 is 0 Å². The van der Waals surface area contributed by atoms with Gasteiger partial charge in [-0.1, -0.05) is 12.1 Å². The Hall–Kier alpha value is -2.83. The van der Waals surface area contributed by atoms with Gasteiger partial charge in [0.1, 0.15) is 11.6 Å². The third-order valence-electron chi connectivity index (χ3n) is 6.44. The highest BCUT2D eigenvalue weighted by Crippen LogP contribution is 2.27. The molecule has 0 unspecified atom stereocenters. The number of para-hydroxylation sites is 2. The Bertz CT molecular complexity index is 906. The van der Waals surface area contributed by atoms with Crippen LogP contribution in [0.1, 0.15) is 43.6 Å². The van der Waals surface area contributed by atoms with Gasteiger partial charge < -0.3 is 19.3 Å². The molecule has 3 heterocycles. The van der Waals surface area contributed by atoms with E-state index in [0.717, 1.165) is 62.8 Å².